The molecule has 0 heterocycles. The molecule has 0 saturated heterocycles. The number of halogens is 1. The van der Waals surface area contributed by atoms with Crippen molar-refractivity contribution in [1.29, 1.82) is 0 Å². The van der Waals surface area contributed by atoms with E-state index in [1.807, 2.05) is 0 Å². The maximum absolute atomic E-state index is 12.8. The third kappa shape index (κ3) is 11.9. The van der Waals surface area contributed by atoms with Crippen LogP contribution in [-0.2, 0) is 9.53 Å². The molecule has 7 nitrogen and oxygen atoms in total. The smallest absolute Gasteiger partial charge is 0.329 e. The van der Waals surface area contributed by atoms with E-state index in [1.165, 1.54) is 24.3 Å². The third-order valence-electron chi connectivity index (χ3n) is 3.70. The number of allylic oxidation sites excluding steroid dienone is 6. The van der Waals surface area contributed by atoms with Gasteiger partial charge in [0.15, 0.2) is 0 Å². The van der Waals surface area contributed by atoms with E-state index in [4.69, 9.17) is 14.6 Å². The first-order valence-corrected chi connectivity index (χ1v) is 9.32. The third-order valence-corrected chi connectivity index (χ3v) is 3.70. The van der Waals surface area contributed by atoms with Crippen molar-refractivity contribution in [3.05, 3.63) is 78.7 Å². The van der Waals surface area contributed by atoms with Crippen molar-refractivity contribution >= 4 is 5.97 Å². The number of carboxylic acids is 1. The second-order valence-electron chi connectivity index (χ2n) is 6.16. The number of carboxylic acid groups (broad SMARTS) is 1. The Bertz CT molecular complexity index is 730. The zero-order chi connectivity index (χ0) is 22.2. The second kappa shape index (κ2) is 15.1. The monoisotopic (exact) mass is 421 g/mol. The highest BCUT2D eigenvalue weighted by Crippen LogP contribution is 2.11. The van der Waals surface area contributed by atoms with Gasteiger partial charge in [0.2, 0.25) is 0 Å². The lowest BCUT2D eigenvalue weighted by Gasteiger charge is -2.18. The molecule has 0 radical (unpaired) electrons. The molecule has 0 fully saturated rings. The summed E-state index contributed by atoms with van der Waals surface area (Å²) in [5, 5.41) is 31.2. The Kier molecular flexibility index (Phi) is 12.7. The van der Waals surface area contributed by atoms with E-state index in [0.717, 1.165) is 0 Å². The molecule has 3 atom stereocenters. The predicted molar refractivity (Wildman–Crippen MR) is 112 cm³/mol. The van der Waals surface area contributed by atoms with E-state index in [2.05, 4.69) is 5.32 Å². The van der Waals surface area contributed by atoms with Gasteiger partial charge in [0.25, 0.3) is 0 Å². The van der Waals surface area contributed by atoms with Crippen LogP contribution in [-0.4, -0.2) is 66.4 Å². The molecule has 0 saturated carbocycles. The Morgan fingerprint density at radius 2 is 1.63 bits per heavy atom. The lowest BCUT2D eigenvalue weighted by atomic mass is 10.1. The van der Waals surface area contributed by atoms with E-state index in [-0.39, 0.29) is 25.1 Å². The van der Waals surface area contributed by atoms with Crippen molar-refractivity contribution in [1.82, 2.24) is 5.32 Å². The number of likely N-dealkylation sites (N-methyl/N-ethyl adjacent to an activating group) is 1. The molecule has 0 bridgehead atoms. The van der Waals surface area contributed by atoms with E-state index in [1.54, 1.807) is 55.7 Å². The van der Waals surface area contributed by atoms with Crippen molar-refractivity contribution in [2.24, 2.45) is 0 Å². The molecule has 0 aromatic heterocycles. The minimum atomic E-state index is -1.09. The van der Waals surface area contributed by atoms with Crippen LogP contribution in [0.5, 0.6) is 5.75 Å². The molecule has 1 aromatic rings. The number of hydrogen-bond donors (Lipinski definition) is 4. The first kappa shape index (κ1) is 25.3. The number of carbonyl (C=O) groups is 1. The van der Waals surface area contributed by atoms with Crippen molar-refractivity contribution in [3.8, 4) is 5.75 Å². The summed E-state index contributed by atoms with van der Waals surface area (Å²) in [4.78, 5) is 10.4. The zero-order valence-electron chi connectivity index (χ0n) is 16.7. The van der Waals surface area contributed by atoms with Gasteiger partial charge in [0, 0.05) is 0 Å². The van der Waals surface area contributed by atoms with Crippen LogP contribution < -0.4 is 10.1 Å². The maximum Gasteiger partial charge on any atom is 0.329 e. The van der Waals surface area contributed by atoms with E-state index < -0.39 is 24.8 Å². The van der Waals surface area contributed by atoms with Crippen LogP contribution >= 0.6 is 0 Å². The highest BCUT2D eigenvalue weighted by molar-refractivity contribution is 5.67. The number of rotatable bonds is 14. The molecule has 0 amide bonds. The topological polar surface area (TPSA) is 108 Å². The summed E-state index contributed by atoms with van der Waals surface area (Å²) in [6.07, 6.45) is 12.0. The Morgan fingerprint density at radius 1 is 1.03 bits per heavy atom. The van der Waals surface area contributed by atoms with Crippen molar-refractivity contribution < 1.29 is 34.0 Å². The number of hydrogen-bond acceptors (Lipinski definition) is 6. The summed E-state index contributed by atoms with van der Waals surface area (Å²) in [6, 6.07) is 5.17. The number of aliphatic hydroxyl groups is 2. The molecule has 0 aliphatic heterocycles. The number of aliphatic hydroxyl groups excluding tert-OH is 2. The standard InChI is InChI=1S/C22H28FNO6/c1-24-20(21(26)15-29-16-22(27)28)9-7-5-3-2-4-6-8-18(25)14-30-19-12-10-17(23)11-13-19/h2-13,18,20-21,24-26H,14-16H2,1H3,(H,27,28)/t18-,20+,21+/m0/s1. The molecule has 164 valence electrons. The lowest BCUT2D eigenvalue weighted by Crippen LogP contribution is -2.39. The molecule has 1 aromatic carbocycles. The summed E-state index contributed by atoms with van der Waals surface area (Å²) >= 11 is 0. The summed E-state index contributed by atoms with van der Waals surface area (Å²) in [5.74, 6) is -0.957. The van der Waals surface area contributed by atoms with Gasteiger partial charge in [0.1, 0.15) is 30.9 Å². The molecule has 0 unspecified atom stereocenters. The maximum atomic E-state index is 12.8. The highest BCUT2D eigenvalue weighted by atomic mass is 19.1. The predicted octanol–water partition coefficient (Wildman–Crippen LogP) is 1.84. The first-order chi connectivity index (χ1) is 14.4. The Balaban J connectivity index is 2.30. The minimum Gasteiger partial charge on any atom is -0.491 e. The summed E-state index contributed by atoms with van der Waals surface area (Å²) in [5.41, 5.74) is 0. The van der Waals surface area contributed by atoms with Gasteiger partial charge in [-0.25, -0.2) is 9.18 Å². The quantitative estimate of drug-likeness (QED) is 0.340. The van der Waals surface area contributed by atoms with Gasteiger partial charge in [0.05, 0.1) is 18.8 Å². The van der Waals surface area contributed by atoms with Gasteiger partial charge >= 0.3 is 5.97 Å². The average Bonchev–Trinajstić information content (AvgIpc) is 2.72. The fraction of sp³-hybridized carbons (Fsp3) is 0.318. The molecule has 4 N–H and O–H groups in total. The SMILES string of the molecule is CN[C@H](C=CC=CC=CC=C[C@H](O)COc1ccc(F)cc1)[C@H](O)COCC(=O)O. The van der Waals surface area contributed by atoms with Crippen LogP contribution in [0.25, 0.3) is 0 Å². The lowest BCUT2D eigenvalue weighted by molar-refractivity contribution is -0.143. The van der Waals surface area contributed by atoms with Gasteiger partial charge in [-0.05, 0) is 31.3 Å². The van der Waals surface area contributed by atoms with E-state index in [9.17, 15) is 19.4 Å². The fourth-order valence-electron chi connectivity index (χ4n) is 2.19. The van der Waals surface area contributed by atoms with Crippen molar-refractivity contribution in [2.75, 3.05) is 26.9 Å². The average molecular weight is 421 g/mol. The van der Waals surface area contributed by atoms with Crippen LogP contribution in [0.3, 0.4) is 0 Å². The number of ether oxygens (including phenoxy) is 2. The normalized spacial score (nSPS) is 15.3. The number of benzene rings is 1. The van der Waals surface area contributed by atoms with Gasteiger partial charge in [-0.2, -0.15) is 0 Å². The first-order valence-electron chi connectivity index (χ1n) is 9.32. The van der Waals surface area contributed by atoms with Crippen LogP contribution in [0.2, 0.25) is 0 Å². The highest BCUT2D eigenvalue weighted by Gasteiger charge is 2.14. The van der Waals surface area contributed by atoms with Gasteiger partial charge < -0.3 is 30.1 Å². The Hall–Kier alpha value is -2.78. The Labute approximate surface area is 175 Å². The molecule has 8 heteroatoms. The molecule has 0 spiro atoms. The number of nitrogens with one attached hydrogen (secondary N) is 1. The summed E-state index contributed by atoms with van der Waals surface area (Å²) in [7, 11) is 1.68. The van der Waals surface area contributed by atoms with Crippen LogP contribution in [0.15, 0.2) is 72.9 Å². The second-order valence-corrected chi connectivity index (χ2v) is 6.16. The van der Waals surface area contributed by atoms with E-state index >= 15 is 0 Å². The van der Waals surface area contributed by atoms with Crippen molar-refractivity contribution in [3.63, 3.8) is 0 Å². The van der Waals surface area contributed by atoms with Crippen molar-refractivity contribution in [2.45, 2.75) is 18.2 Å². The molecular formula is C22H28FNO6. The zero-order valence-corrected chi connectivity index (χ0v) is 16.7. The van der Waals surface area contributed by atoms with Gasteiger partial charge in [-0.3, -0.25) is 0 Å². The number of aliphatic carboxylic acids is 1. The molecular weight excluding hydrogens is 393 g/mol. The molecule has 30 heavy (non-hydrogen) atoms. The van der Waals surface area contributed by atoms with E-state index in [0.29, 0.717) is 5.75 Å². The van der Waals surface area contributed by atoms with Gasteiger partial charge in [-0.1, -0.05) is 48.6 Å². The molecule has 0 aliphatic carbocycles. The molecule has 1 rings (SSSR count). The molecule has 0 aliphatic rings. The fourth-order valence-corrected chi connectivity index (χ4v) is 2.19. The van der Waals surface area contributed by atoms with Crippen LogP contribution in [0.1, 0.15) is 0 Å². The van der Waals surface area contributed by atoms with Crippen LogP contribution in [0, 0.1) is 5.82 Å². The summed E-state index contributed by atoms with van der Waals surface area (Å²) < 4.78 is 23.0. The van der Waals surface area contributed by atoms with Crippen LogP contribution in [0.4, 0.5) is 4.39 Å². The summed E-state index contributed by atoms with van der Waals surface area (Å²) in [6.45, 7) is -0.495. The minimum absolute atomic E-state index is 0.0540. The largest absolute Gasteiger partial charge is 0.491 e. The Morgan fingerprint density at radius 3 is 2.23 bits per heavy atom. The van der Waals surface area contributed by atoms with Gasteiger partial charge in [-0.15, -0.1) is 0 Å².